The molecule has 3 atom stereocenters. The Morgan fingerprint density at radius 2 is 0.650 bits per heavy atom. The molecule has 0 rings (SSSR count). The minimum Gasteiger partial charge on any atom is -0.462 e. The predicted molar refractivity (Wildman–Crippen MR) is 334 cm³/mol. The molecule has 2 N–H and O–H groups in total. The van der Waals surface area contributed by atoms with Gasteiger partial charge >= 0.3 is 25.7 Å². The van der Waals surface area contributed by atoms with Gasteiger partial charge in [0.05, 0.1) is 19.8 Å². The van der Waals surface area contributed by atoms with E-state index in [2.05, 4.69) is 130 Å². The van der Waals surface area contributed by atoms with Gasteiger partial charge in [-0.15, -0.1) is 0 Å². The number of phosphoric ester groups is 1. The van der Waals surface area contributed by atoms with Gasteiger partial charge in [0.1, 0.15) is 12.7 Å². The summed E-state index contributed by atoms with van der Waals surface area (Å²) in [6.45, 7) is 4.38. The van der Waals surface area contributed by atoms with Crippen LogP contribution in [-0.4, -0.2) is 66.5 Å². The van der Waals surface area contributed by atoms with Crippen LogP contribution in [0.1, 0.15) is 265 Å². The summed E-state index contributed by atoms with van der Waals surface area (Å²) in [5.41, 5.74) is 0. The monoisotopic (exact) mass is 1140 g/mol. The van der Waals surface area contributed by atoms with Crippen molar-refractivity contribution in [3.63, 3.8) is 0 Å². The van der Waals surface area contributed by atoms with E-state index in [9.17, 15) is 28.9 Å². The highest BCUT2D eigenvalue weighted by atomic mass is 31.2. The summed E-state index contributed by atoms with van der Waals surface area (Å²) < 4.78 is 39.6. The molecule has 0 aromatic rings. The zero-order valence-corrected chi connectivity index (χ0v) is 51.7. The van der Waals surface area contributed by atoms with Crippen LogP contribution in [0.3, 0.4) is 0 Å². The van der Waals surface area contributed by atoms with Crippen LogP contribution < -0.4 is 0 Å². The van der Waals surface area contributed by atoms with Crippen molar-refractivity contribution in [1.82, 2.24) is 0 Å². The smallest absolute Gasteiger partial charge is 0.462 e. The average Bonchev–Trinajstić information content (AvgIpc) is 3.45. The van der Waals surface area contributed by atoms with Crippen molar-refractivity contribution in [3.05, 3.63) is 109 Å². The highest BCUT2D eigenvalue weighted by Crippen LogP contribution is 2.43. The zero-order valence-electron chi connectivity index (χ0n) is 50.8. The first-order chi connectivity index (χ1) is 39.2. The zero-order chi connectivity index (χ0) is 58.3. The number of allylic oxidation sites excluding steroid dienone is 18. The third-order valence-electron chi connectivity index (χ3n) is 13.2. The van der Waals surface area contributed by atoms with Gasteiger partial charge in [-0.25, -0.2) is 4.57 Å². The van der Waals surface area contributed by atoms with Gasteiger partial charge in [0.2, 0.25) is 0 Å². The van der Waals surface area contributed by atoms with Gasteiger partial charge in [0.15, 0.2) is 6.10 Å². The summed E-state index contributed by atoms with van der Waals surface area (Å²) in [4.78, 5) is 48.7. The number of unbranched alkanes of at least 4 members (excludes halogenated alkanes) is 23. The van der Waals surface area contributed by atoms with Crippen molar-refractivity contribution in [2.24, 2.45) is 0 Å². The van der Waals surface area contributed by atoms with E-state index < -0.39 is 57.8 Å². The first kappa shape index (κ1) is 76.1. The Morgan fingerprint density at radius 3 is 1.02 bits per heavy atom. The maximum absolute atomic E-state index is 13.0. The van der Waals surface area contributed by atoms with Crippen LogP contribution in [0.5, 0.6) is 0 Å². The molecule has 0 bridgehead atoms. The standard InChI is InChI=1S/C68H115O11P/c1-4-7-10-13-16-19-22-25-28-30-32-34-37-40-43-46-49-52-55-58-67(71)78-64(60-69)62-76-80(73,74)77-63-65(61-75-66(70)57-54-51-48-45-42-39-36-27-24-21-18-15-12-9-6-3)79-68(72)59-56-53-50-47-44-41-38-35-33-31-29-26-23-20-17-14-11-8-5-2/h8-9,11-12,17-18,20-21,25-29,33,35-36,41,44,64-65,69H,4-7,10,13-16,19,22-24,30-32,34,37-40,42-43,45-63H2,1-3H3,(H,73,74)/b11-8-,12-9-,20-17-,21-18-,28-25-,29-26-,35-33-,36-27-,44-41-. The highest BCUT2D eigenvalue weighted by Gasteiger charge is 2.28. The lowest BCUT2D eigenvalue weighted by Crippen LogP contribution is -2.30. The number of carbonyl (C=O) groups excluding carboxylic acids is 3. The normalized spacial score (nSPS) is 14.0. The molecule has 0 aliphatic heterocycles. The third kappa shape index (κ3) is 58.8. The number of hydrogen-bond donors (Lipinski definition) is 2. The molecule has 0 aromatic carbocycles. The van der Waals surface area contributed by atoms with Crippen molar-refractivity contribution >= 4 is 25.7 Å². The molecule has 0 spiro atoms. The lowest BCUT2D eigenvalue weighted by Gasteiger charge is -2.21. The van der Waals surface area contributed by atoms with Gasteiger partial charge in [-0.1, -0.05) is 233 Å². The van der Waals surface area contributed by atoms with E-state index in [1.54, 1.807) is 0 Å². The summed E-state index contributed by atoms with van der Waals surface area (Å²) >= 11 is 0. The van der Waals surface area contributed by atoms with E-state index in [-0.39, 0.29) is 25.9 Å². The first-order valence-electron chi connectivity index (χ1n) is 31.8. The van der Waals surface area contributed by atoms with Crippen molar-refractivity contribution in [2.45, 2.75) is 277 Å². The summed E-state index contributed by atoms with van der Waals surface area (Å²) in [5, 5.41) is 9.86. The van der Waals surface area contributed by atoms with E-state index in [1.165, 1.54) is 83.5 Å². The lowest BCUT2D eigenvalue weighted by atomic mass is 10.1. The fourth-order valence-electron chi connectivity index (χ4n) is 8.39. The largest absolute Gasteiger partial charge is 0.472 e. The topological polar surface area (TPSA) is 155 Å². The molecule has 0 fully saturated rings. The van der Waals surface area contributed by atoms with E-state index in [4.69, 9.17) is 23.3 Å². The number of ether oxygens (including phenoxy) is 3. The SMILES string of the molecule is CC/C=C\C/C=C\C/C=C\C/C=C\C/C=C\CCCCCC(=O)OC(COC(=O)CCCCCCC/C=C\C/C=C\C/C=C\CC)COP(=O)(O)OCC(CO)OC(=O)CCCCCCCCCCC/C=C\CCCCCCCC. The molecule has 12 heteroatoms. The molecule has 3 unspecified atom stereocenters. The second kappa shape index (κ2) is 61.2. The number of aliphatic hydroxyl groups is 1. The quantitative estimate of drug-likeness (QED) is 0.0197. The summed E-state index contributed by atoms with van der Waals surface area (Å²) in [5.74, 6) is -1.53. The van der Waals surface area contributed by atoms with Crippen LogP contribution >= 0.6 is 7.82 Å². The molecule has 458 valence electrons. The number of aliphatic hydroxyl groups excluding tert-OH is 1. The molecule has 0 aliphatic rings. The van der Waals surface area contributed by atoms with Crippen LogP contribution in [0.15, 0.2) is 109 Å². The van der Waals surface area contributed by atoms with Crippen LogP contribution in [0.25, 0.3) is 0 Å². The maximum atomic E-state index is 13.0. The predicted octanol–water partition coefficient (Wildman–Crippen LogP) is 19.4. The minimum atomic E-state index is -4.77. The summed E-state index contributed by atoms with van der Waals surface area (Å²) in [7, 11) is -4.77. The number of hydrogen-bond acceptors (Lipinski definition) is 10. The average molecular weight is 1140 g/mol. The van der Waals surface area contributed by atoms with Crippen molar-refractivity contribution in [2.75, 3.05) is 26.4 Å². The van der Waals surface area contributed by atoms with Crippen LogP contribution in [0.2, 0.25) is 0 Å². The summed E-state index contributed by atoms with van der Waals surface area (Å²) in [6, 6.07) is 0. The molecular formula is C68H115O11P. The number of carbonyl (C=O) groups is 3. The molecule has 0 radical (unpaired) electrons. The van der Waals surface area contributed by atoms with Gasteiger partial charge in [0, 0.05) is 19.3 Å². The van der Waals surface area contributed by atoms with Gasteiger partial charge in [0.25, 0.3) is 0 Å². The summed E-state index contributed by atoms with van der Waals surface area (Å²) in [6.07, 6.45) is 74.7. The Balaban J connectivity index is 4.75. The molecule has 0 heterocycles. The van der Waals surface area contributed by atoms with Gasteiger partial charge in [-0.2, -0.15) is 0 Å². The first-order valence-corrected chi connectivity index (χ1v) is 33.3. The molecule has 0 saturated carbocycles. The van der Waals surface area contributed by atoms with Gasteiger partial charge < -0.3 is 24.2 Å². The second-order valence-electron chi connectivity index (χ2n) is 20.8. The van der Waals surface area contributed by atoms with E-state index >= 15 is 0 Å². The maximum Gasteiger partial charge on any atom is 0.472 e. The Hall–Kier alpha value is -3.86. The molecule has 0 saturated heterocycles. The molecule has 0 aliphatic carbocycles. The van der Waals surface area contributed by atoms with E-state index in [1.807, 2.05) is 0 Å². The van der Waals surface area contributed by atoms with Crippen molar-refractivity contribution < 1.29 is 52.2 Å². The van der Waals surface area contributed by atoms with Crippen LogP contribution in [0.4, 0.5) is 0 Å². The minimum absolute atomic E-state index is 0.120. The van der Waals surface area contributed by atoms with Crippen LogP contribution in [-0.2, 0) is 42.2 Å². The number of phosphoric acid groups is 1. The number of rotatable bonds is 58. The Morgan fingerprint density at radius 1 is 0.362 bits per heavy atom. The van der Waals surface area contributed by atoms with Gasteiger partial charge in [-0.05, 0) is 122 Å². The second-order valence-corrected chi connectivity index (χ2v) is 22.3. The fourth-order valence-corrected chi connectivity index (χ4v) is 9.18. The van der Waals surface area contributed by atoms with Gasteiger partial charge in [-0.3, -0.25) is 23.4 Å². The lowest BCUT2D eigenvalue weighted by molar-refractivity contribution is -0.161. The Kier molecular flexibility index (Phi) is 58.3. The molecular weight excluding hydrogens is 1020 g/mol. The van der Waals surface area contributed by atoms with E-state index in [0.717, 1.165) is 122 Å². The van der Waals surface area contributed by atoms with Crippen molar-refractivity contribution in [3.8, 4) is 0 Å². The fraction of sp³-hybridized carbons (Fsp3) is 0.691. The molecule has 11 nitrogen and oxygen atoms in total. The Labute approximate surface area is 488 Å². The molecule has 0 aromatic heterocycles. The molecule has 0 amide bonds. The van der Waals surface area contributed by atoms with Crippen molar-refractivity contribution in [1.29, 1.82) is 0 Å². The third-order valence-corrected chi connectivity index (χ3v) is 14.1. The van der Waals surface area contributed by atoms with E-state index in [0.29, 0.717) is 19.3 Å². The van der Waals surface area contributed by atoms with Crippen LogP contribution in [0, 0.1) is 0 Å². The highest BCUT2D eigenvalue weighted by molar-refractivity contribution is 7.47. The molecule has 80 heavy (non-hydrogen) atoms. The Bertz CT molecular complexity index is 1760. The number of esters is 3.